The van der Waals surface area contributed by atoms with Crippen LogP contribution in [-0.4, -0.2) is 10.1 Å². The van der Waals surface area contributed by atoms with Crippen molar-refractivity contribution >= 4 is 5.69 Å². The molecule has 2 N–H and O–H groups in total. The summed E-state index contributed by atoms with van der Waals surface area (Å²) in [5.41, 5.74) is 1.50. The summed E-state index contributed by atoms with van der Waals surface area (Å²) in [5.74, 6) is -0.349. The first-order valence-electron chi connectivity index (χ1n) is 5.26. The zero-order valence-corrected chi connectivity index (χ0v) is 9.39. The second-order valence-corrected chi connectivity index (χ2v) is 3.66. The molecule has 0 fully saturated rings. The minimum absolute atomic E-state index is 0.0956. The van der Waals surface area contributed by atoms with Crippen molar-refractivity contribution in [2.75, 3.05) is 5.32 Å². The molecule has 0 saturated heterocycles. The maximum atomic E-state index is 12.9. The zero-order valence-electron chi connectivity index (χ0n) is 9.39. The summed E-state index contributed by atoms with van der Waals surface area (Å²) in [6.07, 6.45) is 1.34. The average Bonchev–Trinajstić information content (AvgIpc) is 2.39. The van der Waals surface area contributed by atoms with Crippen molar-refractivity contribution in [2.45, 2.75) is 6.54 Å². The number of rotatable bonds is 3. The third-order valence-electron chi connectivity index (χ3n) is 2.37. The van der Waals surface area contributed by atoms with E-state index in [-0.39, 0.29) is 11.3 Å². The Morgan fingerprint density at radius 2 is 2.17 bits per heavy atom. The highest BCUT2D eigenvalue weighted by Crippen LogP contribution is 2.17. The van der Waals surface area contributed by atoms with E-state index in [1.165, 1.54) is 30.5 Å². The van der Waals surface area contributed by atoms with Crippen LogP contribution in [0.5, 0.6) is 5.75 Å². The van der Waals surface area contributed by atoms with Crippen LogP contribution in [0.4, 0.5) is 10.1 Å². The second kappa shape index (κ2) is 5.15. The Labute approximate surface area is 103 Å². The number of anilines is 1. The molecular formula is C13H10FN3O. The Kier molecular flexibility index (Phi) is 3.39. The molecule has 0 aliphatic heterocycles. The molecule has 0 unspecified atom stereocenters. The summed E-state index contributed by atoms with van der Waals surface area (Å²) in [6.45, 7) is 0.389. The maximum Gasteiger partial charge on any atom is 0.133 e. The number of aromatic nitrogens is 1. The summed E-state index contributed by atoms with van der Waals surface area (Å²) in [7, 11) is 0. The average molecular weight is 243 g/mol. The summed E-state index contributed by atoms with van der Waals surface area (Å²) in [4.78, 5) is 4.00. The van der Waals surface area contributed by atoms with Crippen LogP contribution < -0.4 is 5.32 Å². The van der Waals surface area contributed by atoms with Gasteiger partial charge >= 0.3 is 0 Å². The number of nitrogens with zero attached hydrogens (tertiary/aromatic N) is 2. The van der Waals surface area contributed by atoms with Crippen LogP contribution in [0.3, 0.4) is 0 Å². The molecule has 90 valence electrons. The molecule has 5 heteroatoms. The number of nitrogens with one attached hydrogen (secondary N) is 1. The Bertz CT molecular complexity index is 590. The van der Waals surface area contributed by atoms with Crippen molar-refractivity contribution in [2.24, 2.45) is 0 Å². The highest BCUT2D eigenvalue weighted by atomic mass is 19.1. The second-order valence-electron chi connectivity index (χ2n) is 3.66. The van der Waals surface area contributed by atoms with E-state index in [4.69, 9.17) is 10.4 Å². The number of nitriles is 1. The molecule has 0 aliphatic carbocycles. The summed E-state index contributed by atoms with van der Waals surface area (Å²) in [5, 5.41) is 21.0. The molecule has 0 bridgehead atoms. The van der Waals surface area contributed by atoms with Crippen molar-refractivity contribution in [3.8, 4) is 11.8 Å². The lowest BCUT2D eigenvalue weighted by Crippen LogP contribution is -2.03. The zero-order chi connectivity index (χ0) is 13.0. The quantitative estimate of drug-likeness (QED) is 0.868. The standard InChI is InChI=1S/C13H10FN3O/c14-10-1-4-13(9(5-10)6-15)17-7-11-2-3-12(18)8-16-11/h1-5,8,17-18H,7H2. The van der Waals surface area contributed by atoms with Gasteiger partial charge in [-0.3, -0.25) is 4.98 Å². The highest BCUT2D eigenvalue weighted by Gasteiger charge is 2.03. The van der Waals surface area contributed by atoms with E-state index in [1.807, 2.05) is 6.07 Å². The Morgan fingerprint density at radius 3 is 2.83 bits per heavy atom. The van der Waals surface area contributed by atoms with Crippen molar-refractivity contribution < 1.29 is 9.50 Å². The molecule has 0 amide bonds. The van der Waals surface area contributed by atoms with Gasteiger partial charge in [-0.15, -0.1) is 0 Å². The fourth-order valence-corrected chi connectivity index (χ4v) is 1.47. The lowest BCUT2D eigenvalue weighted by Gasteiger charge is -2.07. The maximum absolute atomic E-state index is 12.9. The topological polar surface area (TPSA) is 68.9 Å². The van der Waals surface area contributed by atoms with Crippen LogP contribution in [0.2, 0.25) is 0 Å². The highest BCUT2D eigenvalue weighted by molar-refractivity contribution is 5.57. The normalized spacial score (nSPS) is 9.78. The largest absolute Gasteiger partial charge is 0.506 e. The predicted molar refractivity (Wildman–Crippen MR) is 64.3 cm³/mol. The van der Waals surface area contributed by atoms with Crippen molar-refractivity contribution in [1.29, 1.82) is 5.26 Å². The van der Waals surface area contributed by atoms with Gasteiger partial charge in [0.05, 0.1) is 29.7 Å². The first-order valence-corrected chi connectivity index (χ1v) is 5.26. The molecule has 0 spiro atoms. The molecule has 2 rings (SSSR count). The van der Waals surface area contributed by atoms with E-state index >= 15 is 0 Å². The monoisotopic (exact) mass is 243 g/mol. The van der Waals surface area contributed by atoms with Crippen molar-refractivity contribution in [1.82, 2.24) is 4.98 Å². The minimum Gasteiger partial charge on any atom is -0.506 e. The number of benzene rings is 1. The molecule has 1 aromatic carbocycles. The lowest BCUT2D eigenvalue weighted by molar-refractivity contribution is 0.472. The summed E-state index contributed by atoms with van der Waals surface area (Å²) >= 11 is 0. The molecule has 0 saturated carbocycles. The minimum atomic E-state index is -0.445. The van der Waals surface area contributed by atoms with Gasteiger partial charge in [0.25, 0.3) is 0 Å². The number of pyridine rings is 1. The molecule has 0 radical (unpaired) electrons. The van der Waals surface area contributed by atoms with Crippen LogP contribution in [0.25, 0.3) is 0 Å². The van der Waals surface area contributed by atoms with Crippen LogP contribution in [0.15, 0.2) is 36.5 Å². The van der Waals surface area contributed by atoms with Gasteiger partial charge in [-0.1, -0.05) is 0 Å². The SMILES string of the molecule is N#Cc1cc(F)ccc1NCc1ccc(O)cn1. The Balaban J connectivity index is 2.11. The molecular weight excluding hydrogens is 233 g/mol. The number of halogens is 1. The molecule has 0 aliphatic rings. The van der Waals surface area contributed by atoms with Gasteiger partial charge in [0.15, 0.2) is 0 Å². The molecule has 2 aromatic rings. The summed E-state index contributed by atoms with van der Waals surface area (Å²) < 4.78 is 12.9. The van der Waals surface area contributed by atoms with Gasteiger partial charge in [-0.2, -0.15) is 5.26 Å². The van der Waals surface area contributed by atoms with E-state index < -0.39 is 5.82 Å². The van der Waals surface area contributed by atoms with Crippen LogP contribution in [0.1, 0.15) is 11.3 Å². The Morgan fingerprint density at radius 1 is 1.33 bits per heavy atom. The number of hydrogen-bond donors (Lipinski definition) is 2. The van der Waals surface area contributed by atoms with Crippen molar-refractivity contribution in [3.63, 3.8) is 0 Å². The molecule has 0 atom stereocenters. The fraction of sp³-hybridized carbons (Fsp3) is 0.0769. The van der Waals surface area contributed by atoms with Gasteiger partial charge < -0.3 is 10.4 Å². The predicted octanol–water partition coefficient (Wildman–Crippen LogP) is 2.41. The van der Waals surface area contributed by atoms with E-state index in [9.17, 15) is 4.39 Å². The fourth-order valence-electron chi connectivity index (χ4n) is 1.47. The van der Waals surface area contributed by atoms with E-state index in [0.29, 0.717) is 17.9 Å². The van der Waals surface area contributed by atoms with Gasteiger partial charge in [-0.25, -0.2) is 4.39 Å². The number of hydrogen-bond acceptors (Lipinski definition) is 4. The first kappa shape index (κ1) is 11.9. The van der Waals surface area contributed by atoms with Crippen LogP contribution in [0, 0.1) is 17.1 Å². The lowest BCUT2D eigenvalue weighted by atomic mass is 10.2. The Hall–Kier alpha value is -2.61. The molecule has 1 aromatic heterocycles. The number of aromatic hydroxyl groups is 1. The van der Waals surface area contributed by atoms with E-state index in [2.05, 4.69) is 10.3 Å². The van der Waals surface area contributed by atoms with Gasteiger partial charge in [0.1, 0.15) is 17.6 Å². The van der Waals surface area contributed by atoms with Gasteiger partial charge in [0.2, 0.25) is 0 Å². The summed E-state index contributed by atoms with van der Waals surface area (Å²) in [6, 6.07) is 9.08. The van der Waals surface area contributed by atoms with Crippen LogP contribution in [-0.2, 0) is 6.54 Å². The van der Waals surface area contributed by atoms with Crippen molar-refractivity contribution in [3.05, 3.63) is 53.6 Å². The van der Waals surface area contributed by atoms with E-state index in [0.717, 1.165) is 0 Å². The first-order chi connectivity index (χ1) is 8.69. The molecule has 4 nitrogen and oxygen atoms in total. The van der Waals surface area contributed by atoms with Crippen LogP contribution >= 0.6 is 0 Å². The van der Waals surface area contributed by atoms with E-state index in [1.54, 1.807) is 6.07 Å². The smallest absolute Gasteiger partial charge is 0.133 e. The third kappa shape index (κ3) is 2.74. The van der Waals surface area contributed by atoms with Gasteiger partial charge in [0, 0.05) is 0 Å². The molecule has 1 heterocycles. The molecule has 18 heavy (non-hydrogen) atoms. The van der Waals surface area contributed by atoms with Gasteiger partial charge in [-0.05, 0) is 30.3 Å². The third-order valence-corrected chi connectivity index (χ3v) is 2.37.